The Morgan fingerprint density at radius 2 is 2.00 bits per heavy atom. The fraction of sp³-hybridized carbons (Fsp3) is 1.00. The van der Waals surface area contributed by atoms with E-state index < -0.39 is 6.43 Å². The van der Waals surface area contributed by atoms with Crippen LogP contribution in [0.5, 0.6) is 0 Å². The standard InChI is InChI=1S/C9H19F2N3/c10-9(11)7-13-3-6-14-4-1-8(12)2-5-14/h8-9,13H,1-7,12H2. The van der Waals surface area contributed by atoms with Gasteiger partial charge in [-0.1, -0.05) is 0 Å². The van der Waals surface area contributed by atoms with Gasteiger partial charge in [0.2, 0.25) is 0 Å². The summed E-state index contributed by atoms with van der Waals surface area (Å²) in [5.41, 5.74) is 5.75. The molecule has 1 saturated heterocycles. The van der Waals surface area contributed by atoms with Gasteiger partial charge >= 0.3 is 0 Å². The molecule has 14 heavy (non-hydrogen) atoms. The second-order valence-corrected chi connectivity index (χ2v) is 3.77. The zero-order valence-corrected chi connectivity index (χ0v) is 8.38. The van der Waals surface area contributed by atoms with Crippen molar-refractivity contribution in [2.75, 3.05) is 32.7 Å². The van der Waals surface area contributed by atoms with Gasteiger partial charge in [-0.15, -0.1) is 0 Å². The summed E-state index contributed by atoms with van der Waals surface area (Å²) in [5, 5.41) is 2.72. The summed E-state index contributed by atoms with van der Waals surface area (Å²) >= 11 is 0. The summed E-state index contributed by atoms with van der Waals surface area (Å²) in [6, 6.07) is 0.334. The molecule has 0 radical (unpaired) electrons. The minimum Gasteiger partial charge on any atom is -0.328 e. The fourth-order valence-electron chi connectivity index (χ4n) is 1.62. The van der Waals surface area contributed by atoms with Crippen LogP contribution in [0.2, 0.25) is 0 Å². The first-order valence-electron chi connectivity index (χ1n) is 5.15. The van der Waals surface area contributed by atoms with Crippen LogP contribution in [0.4, 0.5) is 8.78 Å². The SMILES string of the molecule is NC1CCN(CCNCC(F)F)CC1. The third-order valence-electron chi connectivity index (χ3n) is 2.54. The molecule has 3 N–H and O–H groups in total. The topological polar surface area (TPSA) is 41.3 Å². The second kappa shape index (κ2) is 6.27. The number of hydrogen-bond donors (Lipinski definition) is 2. The van der Waals surface area contributed by atoms with Gasteiger partial charge in [-0.25, -0.2) is 8.78 Å². The number of likely N-dealkylation sites (tertiary alicyclic amines) is 1. The molecule has 84 valence electrons. The monoisotopic (exact) mass is 207 g/mol. The first-order chi connectivity index (χ1) is 6.68. The van der Waals surface area contributed by atoms with Crippen LogP contribution in [-0.2, 0) is 0 Å². The zero-order valence-electron chi connectivity index (χ0n) is 8.38. The number of halogens is 2. The quantitative estimate of drug-likeness (QED) is 0.636. The minimum absolute atomic E-state index is 0.201. The van der Waals surface area contributed by atoms with Crippen LogP contribution in [0.25, 0.3) is 0 Å². The third kappa shape index (κ3) is 4.83. The highest BCUT2D eigenvalue weighted by Crippen LogP contribution is 2.06. The van der Waals surface area contributed by atoms with E-state index >= 15 is 0 Å². The van der Waals surface area contributed by atoms with Crippen molar-refractivity contribution in [3.63, 3.8) is 0 Å². The Morgan fingerprint density at radius 1 is 1.36 bits per heavy atom. The van der Waals surface area contributed by atoms with Crippen LogP contribution in [0.1, 0.15) is 12.8 Å². The lowest BCUT2D eigenvalue weighted by molar-refractivity contribution is 0.142. The molecule has 0 spiro atoms. The molecule has 0 aromatic rings. The van der Waals surface area contributed by atoms with Crippen LogP contribution < -0.4 is 11.1 Å². The number of hydrogen-bond acceptors (Lipinski definition) is 3. The van der Waals surface area contributed by atoms with E-state index in [1.54, 1.807) is 0 Å². The lowest BCUT2D eigenvalue weighted by atomic mass is 10.1. The van der Waals surface area contributed by atoms with Gasteiger partial charge in [-0.2, -0.15) is 0 Å². The number of piperidine rings is 1. The van der Waals surface area contributed by atoms with Gasteiger partial charge in [-0.3, -0.25) is 0 Å². The second-order valence-electron chi connectivity index (χ2n) is 3.77. The van der Waals surface area contributed by atoms with Gasteiger partial charge in [0.15, 0.2) is 0 Å². The van der Waals surface area contributed by atoms with E-state index in [1.807, 2.05) is 0 Å². The van der Waals surface area contributed by atoms with Crippen molar-refractivity contribution >= 4 is 0 Å². The predicted octanol–water partition coefficient (Wildman–Crippen LogP) is 0.264. The number of nitrogens with zero attached hydrogens (tertiary/aromatic N) is 1. The summed E-state index contributed by atoms with van der Waals surface area (Å²) in [7, 11) is 0. The highest BCUT2D eigenvalue weighted by Gasteiger charge is 2.15. The summed E-state index contributed by atoms with van der Waals surface area (Å²) in [5.74, 6) is 0. The molecule has 1 aliphatic rings. The Kier molecular flexibility index (Phi) is 5.29. The Balaban J connectivity index is 1.96. The van der Waals surface area contributed by atoms with E-state index in [0.29, 0.717) is 12.6 Å². The molecule has 0 unspecified atom stereocenters. The number of nitrogens with two attached hydrogens (primary N) is 1. The molecular formula is C9H19F2N3. The molecule has 0 amide bonds. The van der Waals surface area contributed by atoms with Gasteiger partial charge in [0.25, 0.3) is 6.43 Å². The van der Waals surface area contributed by atoms with Gasteiger partial charge < -0.3 is 16.0 Å². The summed E-state index contributed by atoms with van der Waals surface area (Å²) in [6.45, 7) is 3.28. The summed E-state index contributed by atoms with van der Waals surface area (Å²) < 4.78 is 23.5. The third-order valence-corrected chi connectivity index (χ3v) is 2.54. The highest BCUT2D eigenvalue weighted by atomic mass is 19.3. The number of alkyl halides is 2. The molecule has 5 heteroatoms. The van der Waals surface area contributed by atoms with E-state index in [0.717, 1.165) is 32.5 Å². The molecule has 1 fully saturated rings. The van der Waals surface area contributed by atoms with E-state index in [9.17, 15) is 8.78 Å². The van der Waals surface area contributed by atoms with E-state index in [4.69, 9.17) is 5.73 Å². The molecular weight excluding hydrogens is 188 g/mol. The maximum absolute atomic E-state index is 11.8. The lowest BCUT2D eigenvalue weighted by Crippen LogP contribution is -2.42. The molecule has 1 aliphatic heterocycles. The largest absolute Gasteiger partial charge is 0.328 e. The Bertz CT molecular complexity index is 147. The first kappa shape index (κ1) is 11.8. The van der Waals surface area contributed by atoms with Crippen molar-refractivity contribution in [1.29, 1.82) is 0 Å². The van der Waals surface area contributed by atoms with Crippen molar-refractivity contribution in [3.05, 3.63) is 0 Å². The first-order valence-corrected chi connectivity index (χ1v) is 5.15. The molecule has 0 saturated carbocycles. The van der Waals surface area contributed by atoms with Crippen molar-refractivity contribution in [2.24, 2.45) is 5.73 Å². The summed E-state index contributed by atoms with van der Waals surface area (Å²) in [4.78, 5) is 2.27. The Morgan fingerprint density at radius 3 is 2.57 bits per heavy atom. The smallest absolute Gasteiger partial charge is 0.250 e. The molecule has 0 aromatic heterocycles. The average molecular weight is 207 g/mol. The molecule has 1 heterocycles. The average Bonchev–Trinajstić information content (AvgIpc) is 2.15. The predicted molar refractivity (Wildman–Crippen MR) is 52.5 cm³/mol. The highest BCUT2D eigenvalue weighted by molar-refractivity contribution is 4.74. The number of rotatable bonds is 5. The van der Waals surface area contributed by atoms with Crippen molar-refractivity contribution in [3.8, 4) is 0 Å². The number of nitrogens with one attached hydrogen (secondary N) is 1. The maximum Gasteiger partial charge on any atom is 0.250 e. The maximum atomic E-state index is 11.8. The van der Waals surface area contributed by atoms with Crippen LogP contribution in [0.15, 0.2) is 0 Å². The Hall–Kier alpha value is -0.260. The van der Waals surface area contributed by atoms with Crippen molar-refractivity contribution < 1.29 is 8.78 Å². The van der Waals surface area contributed by atoms with Gasteiger partial charge in [0, 0.05) is 19.1 Å². The molecule has 0 aliphatic carbocycles. The Labute approximate surface area is 83.6 Å². The van der Waals surface area contributed by atoms with Crippen molar-refractivity contribution in [1.82, 2.24) is 10.2 Å². The van der Waals surface area contributed by atoms with E-state index in [2.05, 4.69) is 10.2 Å². The van der Waals surface area contributed by atoms with Crippen LogP contribution in [0.3, 0.4) is 0 Å². The minimum atomic E-state index is -2.25. The lowest BCUT2D eigenvalue weighted by Gasteiger charge is -2.29. The normalized spacial score (nSPS) is 20.6. The van der Waals surface area contributed by atoms with E-state index in [-0.39, 0.29) is 6.54 Å². The molecule has 0 atom stereocenters. The van der Waals surface area contributed by atoms with E-state index in [1.165, 1.54) is 0 Å². The summed E-state index contributed by atoms with van der Waals surface area (Å²) in [6.07, 6.45) is -0.200. The van der Waals surface area contributed by atoms with Gasteiger partial charge in [0.05, 0.1) is 6.54 Å². The molecule has 1 rings (SSSR count). The van der Waals surface area contributed by atoms with Crippen LogP contribution >= 0.6 is 0 Å². The fourth-order valence-corrected chi connectivity index (χ4v) is 1.62. The van der Waals surface area contributed by atoms with Gasteiger partial charge in [-0.05, 0) is 25.9 Å². The molecule has 0 bridgehead atoms. The van der Waals surface area contributed by atoms with Crippen LogP contribution in [0, 0.1) is 0 Å². The molecule has 3 nitrogen and oxygen atoms in total. The van der Waals surface area contributed by atoms with Gasteiger partial charge in [0.1, 0.15) is 0 Å². The van der Waals surface area contributed by atoms with Crippen molar-refractivity contribution in [2.45, 2.75) is 25.3 Å². The van der Waals surface area contributed by atoms with Crippen LogP contribution in [-0.4, -0.2) is 50.1 Å². The molecule has 0 aromatic carbocycles. The zero-order chi connectivity index (χ0) is 10.4.